The van der Waals surface area contributed by atoms with E-state index in [-0.39, 0.29) is 30.0 Å². The summed E-state index contributed by atoms with van der Waals surface area (Å²) in [6.07, 6.45) is -0.564. The van der Waals surface area contributed by atoms with Crippen LogP contribution in [0.25, 0.3) is 16.9 Å². The summed E-state index contributed by atoms with van der Waals surface area (Å²) in [5.74, 6) is -0.704. The lowest BCUT2D eigenvalue weighted by Crippen LogP contribution is -2.44. The van der Waals surface area contributed by atoms with Gasteiger partial charge >= 0.3 is 0 Å². The fourth-order valence-electron chi connectivity index (χ4n) is 3.18. The van der Waals surface area contributed by atoms with Crippen molar-refractivity contribution in [2.45, 2.75) is 18.6 Å². The van der Waals surface area contributed by atoms with Crippen LogP contribution < -0.4 is 10.9 Å². The molecule has 0 radical (unpaired) electrons. The van der Waals surface area contributed by atoms with E-state index in [9.17, 15) is 23.5 Å². The molecule has 1 amide bonds. The van der Waals surface area contributed by atoms with E-state index in [4.69, 9.17) is 4.74 Å². The molecule has 160 valence electrons. The topological polar surface area (TPSA) is 106 Å². The summed E-state index contributed by atoms with van der Waals surface area (Å²) in [7, 11) is 0. The van der Waals surface area contributed by atoms with Gasteiger partial charge < -0.3 is 15.2 Å². The van der Waals surface area contributed by atoms with Gasteiger partial charge in [0, 0.05) is 17.3 Å². The summed E-state index contributed by atoms with van der Waals surface area (Å²) >= 11 is 0. The van der Waals surface area contributed by atoms with Gasteiger partial charge in [-0.25, -0.2) is 8.78 Å². The number of nitrogens with zero attached hydrogens (tertiary/aromatic N) is 3. The molecule has 3 aromatic rings. The van der Waals surface area contributed by atoms with Crippen LogP contribution in [0.5, 0.6) is 0 Å². The zero-order chi connectivity index (χ0) is 22.0. The van der Waals surface area contributed by atoms with Gasteiger partial charge in [0.05, 0.1) is 42.9 Å². The Morgan fingerprint density at radius 1 is 1.23 bits per heavy atom. The molecule has 0 bridgehead atoms. The number of carbonyl (C=O) groups is 1. The summed E-state index contributed by atoms with van der Waals surface area (Å²) in [5, 5.41) is 16.8. The summed E-state index contributed by atoms with van der Waals surface area (Å²) in [6.45, 7) is 0.208. The number of aliphatic hydroxyl groups excluding tert-OH is 1. The van der Waals surface area contributed by atoms with E-state index in [2.05, 4.69) is 15.4 Å². The zero-order valence-corrected chi connectivity index (χ0v) is 16.1. The molecule has 4 rings (SSSR count). The fourth-order valence-corrected chi connectivity index (χ4v) is 3.18. The van der Waals surface area contributed by atoms with Crippen molar-refractivity contribution in [2.24, 2.45) is 0 Å². The summed E-state index contributed by atoms with van der Waals surface area (Å²) in [5.41, 5.74) is -0.0509. The van der Waals surface area contributed by atoms with Gasteiger partial charge in [0.2, 0.25) is 0 Å². The maximum atomic E-state index is 13.0. The van der Waals surface area contributed by atoms with Crippen LogP contribution in [0, 0.1) is 0 Å². The van der Waals surface area contributed by atoms with Crippen LogP contribution in [0.1, 0.15) is 22.3 Å². The lowest BCUT2D eigenvalue weighted by atomic mass is 10.1. The number of rotatable bonds is 5. The number of pyridine rings is 1. The van der Waals surface area contributed by atoms with Gasteiger partial charge in [-0.2, -0.15) is 9.78 Å². The lowest BCUT2D eigenvalue weighted by Gasteiger charge is -2.15. The Bertz CT molecular complexity index is 1140. The number of hydrogen-bond donors (Lipinski definition) is 2. The minimum Gasteiger partial charge on any atom is -0.388 e. The minimum absolute atomic E-state index is 0.0863. The molecule has 2 N–H and O–H groups in total. The van der Waals surface area contributed by atoms with E-state index in [1.807, 2.05) is 0 Å². The highest BCUT2D eigenvalue weighted by atomic mass is 19.3. The highest BCUT2D eigenvalue weighted by Crippen LogP contribution is 2.23. The van der Waals surface area contributed by atoms with Gasteiger partial charge in [-0.05, 0) is 18.2 Å². The Kier molecular flexibility index (Phi) is 5.83. The number of amides is 1. The summed E-state index contributed by atoms with van der Waals surface area (Å²) < 4.78 is 31.9. The van der Waals surface area contributed by atoms with Crippen molar-refractivity contribution in [3.63, 3.8) is 0 Å². The Morgan fingerprint density at radius 2 is 2.00 bits per heavy atom. The third-order valence-corrected chi connectivity index (χ3v) is 4.87. The van der Waals surface area contributed by atoms with Crippen LogP contribution in [-0.2, 0) is 4.74 Å². The minimum atomic E-state index is -2.62. The van der Waals surface area contributed by atoms with Gasteiger partial charge in [0.15, 0.2) is 0 Å². The van der Waals surface area contributed by atoms with Gasteiger partial charge in [0.25, 0.3) is 17.9 Å². The largest absolute Gasteiger partial charge is 0.388 e. The number of halogens is 2. The summed E-state index contributed by atoms with van der Waals surface area (Å²) in [6, 6.07) is 9.25. The first-order valence-electron chi connectivity index (χ1n) is 9.44. The van der Waals surface area contributed by atoms with Crippen molar-refractivity contribution in [1.29, 1.82) is 0 Å². The standard InChI is InChI=1S/C21H18F2N4O4/c22-19(23)13-5-3-12(4-6-13)16-8-15(20(29)25-17-10-31-11-18(17)28)21(30)27(26-16)14-2-1-7-24-9-14/h1-9,17-19,28H,10-11H2,(H,25,29). The van der Waals surface area contributed by atoms with E-state index < -0.39 is 30.0 Å². The number of aromatic nitrogens is 3. The molecule has 1 aromatic carbocycles. The third kappa shape index (κ3) is 4.35. The van der Waals surface area contributed by atoms with Crippen LogP contribution in [0.2, 0.25) is 0 Å². The Morgan fingerprint density at radius 3 is 2.61 bits per heavy atom. The SMILES string of the molecule is O=C(NC1COCC1O)c1cc(-c2ccc(C(F)F)cc2)nn(-c2cccnc2)c1=O. The number of alkyl halides is 2. The second kappa shape index (κ2) is 8.70. The number of ether oxygens (including phenoxy) is 1. The smallest absolute Gasteiger partial charge is 0.284 e. The number of hydrogen-bond acceptors (Lipinski definition) is 6. The Balaban J connectivity index is 1.79. The Labute approximate surface area is 175 Å². The van der Waals surface area contributed by atoms with E-state index >= 15 is 0 Å². The molecule has 2 atom stereocenters. The Hall–Kier alpha value is -3.50. The first-order valence-corrected chi connectivity index (χ1v) is 9.44. The molecule has 1 fully saturated rings. The molecule has 8 nitrogen and oxygen atoms in total. The lowest BCUT2D eigenvalue weighted by molar-refractivity contribution is 0.0884. The first-order chi connectivity index (χ1) is 14.9. The second-order valence-corrected chi connectivity index (χ2v) is 6.98. The molecule has 3 heterocycles. The average molecular weight is 428 g/mol. The molecule has 0 saturated carbocycles. The maximum absolute atomic E-state index is 13.0. The molecule has 1 aliphatic rings. The van der Waals surface area contributed by atoms with E-state index in [0.29, 0.717) is 11.3 Å². The zero-order valence-electron chi connectivity index (χ0n) is 16.1. The van der Waals surface area contributed by atoms with Crippen LogP contribution in [0.4, 0.5) is 8.78 Å². The average Bonchev–Trinajstić information content (AvgIpc) is 3.18. The summed E-state index contributed by atoms with van der Waals surface area (Å²) in [4.78, 5) is 29.8. The van der Waals surface area contributed by atoms with E-state index in [1.54, 1.807) is 12.1 Å². The third-order valence-electron chi connectivity index (χ3n) is 4.87. The second-order valence-electron chi connectivity index (χ2n) is 6.98. The van der Waals surface area contributed by atoms with Crippen LogP contribution in [0.15, 0.2) is 59.7 Å². The van der Waals surface area contributed by atoms with Crippen molar-refractivity contribution < 1.29 is 23.4 Å². The molecule has 1 saturated heterocycles. The predicted octanol–water partition coefficient (Wildman–Crippen LogP) is 1.72. The maximum Gasteiger partial charge on any atom is 0.284 e. The number of aliphatic hydroxyl groups is 1. The van der Waals surface area contributed by atoms with Crippen LogP contribution in [-0.4, -0.2) is 51.1 Å². The van der Waals surface area contributed by atoms with Crippen LogP contribution >= 0.6 is 0 Å². The molecular weight excluding hydrogens is 410 g/mol. The van der Waals surface area contributed by atoms with Crippen molar-refractivity contribution in [1.82, 2.24) is 20.1 Å². The number of carbonyl (C=O) groups excluding carboxylic acids is 1. The molecule has 2 aromatic heterocycles. The van der Waals surface area contributed by atoms with Crippen LogP contribution in [0.3, 0.4) is 0 Å². The molecule has 0 spiro atoms. The van der Waals surface area contributed by atoms with E-state index in [0.717, 1.165) is 4.68 Å². The molecule has 2 unspecified atom stereocenters. The number of nitrogens with one attached hydrogen (secondary N) is 1. The van der Waals surface area contributed by atoms with Crippen molar-refractivity contribution >= 4 is 5.91 Å². The molecular formula is C21H18F2N4O4. The molecule has 1 aliphatic heterocycles. The normalized spacial score (nSPS) is 18.3. The highest BCUT2D eigenvalue weighted by Gasteiger charge is 2.29. The predicted molar refractivity (Wildman–Crippen MR) is 106 cm³/mol. The first kappa shape index (κ1) is 20.8. The molecule has 31 heavy (non-hydrogen) atoms. The molecule has 0 aliphatic carbocycles. The van der Waals surface area contributed by atoms with Gasteiger partial charge in [-0.1, -0.05) is 24.3 Å². The van der Waals surface area contributed by atoms with E-state index in [1.165, 1.54) is 42.7 Å². The fraction of sp³-hybridized carbons (Fsp3) is 0.238. The quantitative estimate of drug-likeness (QED) is 0.641. The van der Waals surface area contributed by atoms with Gasteiger partial charge in [-0.15, -0.1) is 0 Å². The van der Waals surface area contributed by atoms with Gasteiger partial charge in [0.1, 0.15) is 5.56 Å². The van der Waals surface area contributed by atoms with Crippen molar-refractivity contribution in [3.8, 4) is 16.9 Å². The molecule has 10 heteroatoms. The van der Waals surface area contributed by atoms with Crippen molar-refractivity contribution in [2.75, 3.05) is 13.2 Å². The number of benzene rings is 1. The van der Waals surface area contributed by atoms with Gasteiger partial charge in [-0.3, -0.25) is 14.6 Å². The monoisotopic (exact) mass is 428 g/mol. The van der Waals surface area contributed by atoms with Crippen molar-refractivity contribution in [3.05, 3.63) is 76.3 Å². The highest BCUT2D eigenvalue weighted by molar-refractivity contribution is 5.95.